The zero-order valence-corrected chi connectivity index (χ0v) is 15.8. The van der Waals surface area contributed by atoms with Crippen molar-refractivity contribution in [3.8, 4) is 0 Å². The molecule has 2 aromatic heterocycles. The molecule has 3 nitrogen and oxygen atoms in total. The van der Waals surface area contributed by atoms with E-state index in [1.807, 2.05) is 25.3 Å². The molecule has 0 atom stereocenters. The molecule has 1 fully saturated rings. The number of rotatable bonds is 4. The molecular weight excluding hydrogens is 371 g/mol. The number of aromatic nitrogens is 2. The molecule has 0 unspecified atom stereocenters. The summed E-state index contributed by atoms with van der Waals surface area (Å²) in [6.45, 7) is 5.68. The Balaban J connectivity index is 2.18. The van der Waals surface area contributed by atoms with Crippen molar-refractivity contribution in [3.05, 3.63) is 28.8 Å². The van der Waals surface area contributed by atoms with Crippen LogP contribution >= 0.6 is 23.5 Å². The molecule has 0 amide bonds. The molecule has 0 aliphatic heterocycles. The van der Waals surface area contributed by atoms with Crippen LogP contribution in [0, 0.1) is 5.82 Å². The summed E-state index contributed by atoms with van der Waals surface area (Å²) in [7, 11) is 0. The molecule has 1 saturated carbocycles. The molecule has 0 bridgehead atoms. The Morgan fingerprint density at radius 1 is 1.40 bits per heavy atom. The fourth-order valence-corrected chi connectivity index (χ4v) is 3.35. The first-order chi connectivity index (χ1) is 11.7. The van der Waals surface area contributed by atoms with Crippen molar-refractivity contribution in [2.45, 2.75) is 57.2 Å². The van der Waals surface area contributed by atoms with Crippen LogP contribution < -0.4 is 0 Å². The molecule has 1 aliphatic carbocycles. The van der Waals surface area contributed by atoms with E-state index >= 15 is 0 Å². The van der Waals surface area contributed by atoms with Gasteiger partial charge in [0.2, 0.25) is 0 Å². The van der Waals surface area contributed by atoms with Gasteiger partial charge in [-0.2, -0.15) is 0 Å². The van der Waals surface area contributed by atoms with Crippen LogP contribution in [0.1, 0.15) is 51.6 Å². The van der Waals surface area contributed by atoms with E-state index in [0.29, 0.717) is 11.0 Å². The Hall–Kier alpha value is -1.21. The van der Waals surface area contributed by atoms with Crippen LogP contribution in [0.25, 0.3) is 11.0 Å². The molecule has 0 radical (unpaired) electrons. The van der Waals surface area contributed by atoms with Crippen LogP contribution in [0.2, 0.25) is 5.15 Å². The summed E-state index contributed by atoms with van der Waals surface area (Å²) in [5, 5.41) is 0.0692. The van der Waals surface area contributed by atoms with Gasteiger partial charge in [-0.15, -0.1) is 0 Å². The third-order valence-electron chi connectivity index (χ3n) is 4.08. The first-order valence-electron chi connectivity index (χ1n) is 8.08. The molecule has 1 aliphatic rings. The van der Waals surface area contributed by atoms with Gasteiger partial charge in [-0.05, 0) is 58.0 Å². The zero-order valence-electron chi connectivity index (χ0n) is 14.2. The van der Waals surface area contributed by atoms with Gasteiger partial charge in [0.1, 0.15) is 11.4 Å². The minimum absolute atomic E-state index is 0.180. The summed E-state index contributed by atoms with van der Waals surface area (Å²) in [5.74, 6) is -0.723. The van der Waals surface area contributed by atoms with Gasteiger partial charge < -0.3 is 4.57 Å². The maximum Gasteiger partial charge on any atom is 0.281 e. The minimum Gasteiger partial charge on any atom is -0.329 e. The predicted octanol–water partition coefficient (Wildman–Crippen LogP) is 6.05. The van der Waals surface area contributed by atoms with E-state index in [2.05, 4.69) is 9.38 Å². The molecule has 3 rings (SSSR count). The predicted molar refractivity (Wildman–Crippen MR) is 97.5 cm³/mol. The second kappa shape index (κ2) is 6.83. The SMILES string of the molecule is CC(C)(C)SN=C(c1cn(C2CCC2)c2nc(Cl)c(F)cc12)C(F)F. The largest absolute Gasteiger partial charge is 0.329 e. The van der Waals surface area contributed by atoms with Crippen LogP contribution in [-0.4, -0.2) is 26.4 Å². The maximum absolute atomic E-state index is 13.9. The van der Waals surface area contributed by atoms with Gasteiger partial charge in [0.15, 0.2) is 11.0 Å². The number of pyridine rings is 1. The Labute approximate surface area is 153 Å². The van der Waals surface area contributed by atoms with E-state index in [9.17, 15) is 13.2 Å². The van der Waals surface area contributed by atoms with E-state index in [1.54, 1.807) is 6.20 Å². The summed E-state index contributed by atoms with van der Waals surface area (Å²) in [5.41, 5.74) is 0.295. The topological polar surface area (TPSA) is 30.2 Å². The van der Waals surface area contributed by atoms with E-state index < -0.39 is 12.2 Å². The maximum atomic E-state index is 13.9. The first-order valence-corrected chi connectivity index (χ1v) is 9.23. The zero-order chi connectivity index (χ0) is 18.4. The van der Waals surface area contributed by atoms with Crippen LogP contribution in [0.15, 0.2) is 16.7 Å². The molecule has 2 heterocycles. The van der Waals surface area contributed by atoms with Gasteiger partial charge in [-0.1, -0.05) is 11.6 Å². The summed E-state index contributed by atoms with van der Waals surface area (Å²) in [6, 6.07) is 1.36. The summed E-state index contributed by atoms with van der Waals surface area (Å²) < 4.78 is 46.9. The van der Waals surface area contributed by atoms with Gasteiger partial charge in [0.05, 0.1) is 0 Å². The van der Waals surface area contributed by atoms with E-state index in [0.717, 1.165) is 31.2 Å². The van der Waals surface area contributed by atoms with E-state index in [-0.39, 0.29) is 27.2 Å². The fraction of sp³-hybridized carbons (Fsp3) is 0.529. The molecule has 0 spiro atoms. The number of alkyl halides is 2. The lowest BCUT2D eigenvalue weighted by Gasteiger charge is -2.27. The van der Waals surface area contributed by atoms with Gasteiger partial charge in [0, 0.05) is 27.9 Å². The van der Waals surface area contributed by atoms with Crippen LogP contribution in [0.5, 0.6) is 0 Å². The molecule has 2 aromatic rings. The Morgan fingerprint density at radius 2 is 2.08 bits per heavy atom. The fourth-order valence-electron chi connectivity index (χ4n) is 2.66. The average Bonchev–Trinajstić information content (AvgIpc) is 2.75. The number of hydrogen-bond donors (Lipinski definition) is 0. The lowest BCUT2D eigenvalue weighted by atomic mass is 9.93. The standard InChI is InChI=1S/C17H19ClF3N3S/c1-17(2,3)25-23-13(15(20)21)11-8-24(9-5-4-6-9)16-10(11)7-12(19)14(18)22-16/h7-9,15H,4-6H2,1-3H3. The van der Waals surface area contributed by atoms with Crippen molar-refractivity contribution in [2.24, 2.45) is 4.40 Å². The smallest absolute Gasteiger partial charge is 0.281 e. The van der Waals surface area contributed by atoms with Crippen LogP contribution in [-0.2, 0) is 0 Å². The van der Waals surface area contributed by atoms with Crippen molar-refractivity contribution in [2.75, 3.05) is 0 Å². The summed E-state index contributed by atoms with van der Waals surface area (Å²) >= 11 is 6.89. The number of halogens is 4. The molecular formula is C17H19ClF3N3S. The normalized spacial score (nSPS) is 16.7. The highest BCUT2D eigenvalue weighted by Crippen LogP contribution is 2.37. The highest BCUT2D eigenvalue weighted by Gasteiger charge is 2.28. The highest BCUT2D eigenvalue weighted by atomic mass is 35.5. The lowest BCUT2D eigenvalue weighted by Crippen LogP contribution is -2.17. The van der Waals surface area contributed by atoms with Gasteiger partial charge in [-0.25, -0.2) is 22.6 Å². The average molecular weight is 390 g/mol. The molecule has 0 aromatic carbocycles. The molecule has 8 heteroatoms. The highest BCUT2D eigenvalue weighted by molar-refractivity contribution is 7.99. The molecule has 136 valence electrons. The first kappa shape index (κ1) is 18.6. The Bertz CT molecular complexity index is 823. The van der Waals surface area contributed by atoms with Gasteiger partial charge >= 0.3 is 0 Å². The van der Waals surface area contributed by atoms with Crippen LogP contribution in [0.3, 0.4) is 0 Å². The quantitative estimate of drug-likeness (QED) is 0.361. The summed E-state index contributed by atoms with van der Waals surface area (Å²) in [6.07, 6.45) is 1.81. The third-order valence-corrected chi connectivity index (χ3v) is 5.19. The molecule has 0 saturated heterocycles. The Morgan fingerprint density at radius 3 is 2.60 bits per heavy atom. The molecule has 25 heavy (non-hydrogen) atoms. The van der Waals surface area contributed by atoms with E-state index in [4.69, 9.17) is 11.6 Å². The second-order valence-corrected chi connectivity index (χ2v) is 9.10. The minimum atomic E-state index is -2.77. The third kappa shape index (κ3) is 3.82. The lowest BCUT2D eigenvalue weighted by molar-refractivity contribution is 0.226. The monoisotopic (exact) mass is 389 g/mol. The number of nitrogens with zero attached hydrogens (tertiary/aromatic N) is 3. The van der Waals surface area contributed by atoms with Gasteiger partial charge in [0.25, 0.3) is 6.43 Å². The van der Waals surface area contributed by atoms with Crippen molar-refractivity contribution >= 4 is 40.3 Å². The van der Waals surface area contributed by atoms with Crippen molar-refractivity contribution in [3.63, 3.8) is 0 Å². The van der Waals surface area contributed by atoms with Crippen molar-refractivity contribution in [1.82, 2.24) is 9.55 Å². The van der Waals surface area contributed by atoms with E-state index in [1.165, 1.54) is 6.07 Å². The molecule has 0 N–H and O–H groups in total. The van der Waals surface area contributed by atoms with Crippen LogP contribution in [0.4, 0.5) is 13.2 Å². The number of hydrogen-bond acceptors (Lipinski definition) is 3. The Kier molecular flexibility index (Phi) is 5.08. The number of fused-ring (bicyclic) bond motifs is 1. The second-order valence-electron chi connectivity index (χ2n) is 7.15. The van der Waals surface area contributed by atoms with Crippen molar-refractivity contribution < 1.29 is 13.2 Å². The van der Waals surface area contributed by atoms with Crippen molar-refractivity contribution in [1.29, 1.82) is 0 Å². The summed E-state index contributed by atoms with van der Waals surface area (Å²) in [4.78, 5) is 4.10. The van der Waals surface area contributed by atoms with Gasteiger partial charge in [-0.3, -0.25) is 0 Å².